The zero-order valence-electron chi connectivity index (χ0n) is 38.6. The fourth-order valence-corrected chi connectivity index (χ4v) is 8.65. The molecule has 0 saturated carbocycles. The summed E-state index contributed by atoms with van der Waals surface area (Å²) >= 11 is 0. The van der Waals surface area contributed by atoms with Crippen LogP contribution in [0.25, 0.3) is 55.7 Å². The molecule has 10 aromatic rings. The minimum Gasteiger partial charge on any atom is -0.384 e. The van der Waals surface area contributed by atoms with Crippen LogP contribution in [0.15, 0.2) is 146 Å². The van der Waals surface area contributed by atoms with Gasteiger partial charge in [-0.15, -0.1) is 0 Å². The molecular weight excluding hydrogens is 917 g/mol. The summed E-state index contributed by atoms with van der Waals surface area (Å²) in [6, 6.07) is 44.9. The number of amidine groups is 1. The topological polar surface area (TPSA) is 145 Å². The maximum atomic E-state index is 13.6. The van der Waals surface area contributed by atoms with Gasteiger partial charge in [-0.25, -0.2) is 19.3 Å². The first-order valence-electron chi connectivity index (χ1n) is 22.2. The molecule has 17 heteroatoms. The third kappa shape index (κ3) is 9.64. The van der Waals surface area contributed by atoms with E-state index in [9.17, 15) is 31.6 Å². The number of imidazole rings is 2. The highest BCUT2D eigenvalue weighted by Crippen LogP contribution is 2.34. The van der Waals surface area contributed by atoms with E-state index in [0.29, 0.717) is 45.5 Å². The van der Waals surface area contributed by atoms with Gasteiger partial charge in [-0.2, -0.15) is 41.8 Å². The number of halogens is 6. The Labute approximate surface area is 403 Å². The van der Waals surface area contributed by atoms with E-state index in [1.54, 1.807) is 42.5 Å². The summed E-state index contributed by atoms with van der Waals surface area (Å²) in [4.78, 5) is 9.37. The molecular formula is C54H43F6N11. The Hall–Kier alpha value is -8.78. The number of nitrogen functional groups attached to an aromatic ring is 1. The molecule has 11 nitrogen and oxygen atoms in total. The number of nitriles is 1. The van der Waals surface area contributed by atoms with Crippen molar-refractivity contribution < 1.29 is 26.3 Å². The van der Waals surface area contributed by atoms with Crippen LogP contribution in [0.1, 0.15) is 56.7 Å². The molecule has 0 aliphatic carbocycles. The van der Waals surface area contributed by atoms with Gasteiger partial charge in [-0.3, -0.25) is 5.41 Å². The van der Waals surface area contributed by atoms with Gasteiger partial charge in [0, 0.05) is 5.56 Å². The SMILES string of the molecule is Cc1ccccc1-c1ccc2c(c1)nc(C)n2Cc1cc(C(F)(F)F)nn1-c1cccc(C#N)c1.Cc1ccccc1-c1ccc2c(c1)nc(C)n2Cc1cc(C(F)(F)F)nn1-c1cccc(C(=N)N)c1. The summed E-state index contributed by atoms with van der Waals surface area (Å²) in [6.07, 6.45) is -9.20. The number of hydrogen-bond donors (Lipinski definition) is 2. The van der Waals surface area contributed by atoms with Crippen LogP contribution < -0.4 is 5.73 Å². The number of fused-ring (bicyclic) bond motifs is 2. The van der Waals surface area contributed by atoms with Crippen molar-refractivity contribution in [1.29, 1.82) is 10.7 Å². The van der Waals surface area contributed by atoms with Crippen molar-refractivity contribution in [1.82, 2.24) is 38.7 Å². The lowest BCUT2D eigenvalue weighted by Crippen LogP contribution is -2.13. The van der Waals surface area contributed by atoms with Crippen molar-refractivity contribution in [3.05, 3.63) is 202 Å². The molecule has 3 N–H and O–H groups in total. The predicted octanol–water partition coefficient (Wildman–Crippen LogP) is 12.3. The van der Waals surface area contributed by atoms with Crippen LogP contribution in [-0.4, -0.2) is 44.5 Å². The largest absolute Gasteiger partial charge is 0.435 e. The second kappa shape index (κ2) is 18.6. The van der Waals surface area contributed by atoms with E-state index in [0.717, 1.165) is 67.6 Å². The van der Waals surface area contributed by atoms with Crippen molar-refractivity contribution in [2.45, 2.75) is 53.1 Å². The Balaban J connectivity index is 0.000000176. The first-order valence-corrected chi connectivity index (χ1v) is 22.2. The second-order valence-electron chi connectivity index (χ2n) is 17.0. The molecule has 0 fully saturated rings. The van der Waals surface area contributed by atoms with Crippen LogP contribution >= 0.6 is 0 Å². The monoisotopic (exact) mass is 959 g/mol. The number of aryl methyl sites for hydroxylation is 4. The Morgan fingerprint density at radius 1 is 0.563 bits per heavy atom. The van der Waals surface area contributed by atoms with Gasteiger partial charge in [-0.05, 0) is 128 Å². The van der Waals surface area contributed by atoms with Crippen molar-refractivity contribution >= 4 is 27.9 Å². The summed E-state index contributed by atoms with van der Waals surface area (Å²) < 4.78 is 87.7. The standard InChI is InChI=1S/C27H23F3N6.C27H20F3N5/c1-16-6-3-4-9-22(16)18-10-11-24-23(13-18)33-17(2)35(24)15-21-14-25(27(28,29)30)34-36(21)20-8-5-7-19(12-20)26(31)32;1-17-6-3-4-9-23(17)20-10-11-25-24(13-20)32-18(2)34(25)16-22-14-26(27(28,29)30)33-35(22)21-8-5-7-19(12-21)15-31/h3-14H,15H2,1-2H3,(H3,31,32);3-14H,16H2,1-2H3. The number of hydrogen-bond acceptors (Lipinski definition) is 6. The van der Waals surface area contributed by atoms with Crippen LogP contribution in [0.3, 0.4) is 0 Å². The average molecular weight is 960 g/mol. The van der Waals surface area contributed by atoms with Gasteiger partial charge in [0.2, 0.25) is 0 Å². The lowest BCUT2D eigenvalue weighted by atomic mass is 10.0. The van der Waals surface area contributed by atoms with Gasteiger partial charge in [0.25, 0.3) is 0 Å². The van der Waals surface area contributed by atoms with Crippen LogP contribution in [0.5, 0.6) is 0 Å². The highest BCUT2D eigenvalue weighted by atomic mass is 19.4. The quantitative estimate of drug-likeness (QED) is 0.0837. The second-order valence-corrected chi connectivity index (χ2v) is 17.0. The van der Waals surface area contributed by atoms with Gasteiger partial charge in [0.1, 0.15) is 17.5 Å². The zero-order valence-corrected chi connectivity index (χ0v) is 38.6. The molecule has 6 aromatic carbocycles. The van der Waals surface area contributed by atoms with E-state index in [4.69, 9.17) is 11.1 Å². The molecule has 71 heavy (non-hydrogen) atoms. The smallest absolute Gasteiger partial charge is 0.384 e. The number of nitrogens with one attached hydrogen (secondary N) is 1. The van der Waals surface area contributed by atoms with Crippen LogP contribution in [-0.2, 0) is 25.4 Å². The molecule has 4 heterocycles. The summed E-state index contributed by atoms with van der Waals surface area (Å²) in [5.74, 6) is 1.17. The fraction of sp³-hybridized carbons (Fsp3) is 0.148. The van der Waals surface area contributed by atoms with Crippen molar-refractivity contribution in [2.75, 3.05) is 0 Å². The van der Waals surface area contributed by atoms with Crippen LogP contribution in [0.4, 0.5) is 26.3 Å². The van der Waals surface area contributed by atoms with E-state index in [-0.39, 0.29) is 18.9 Å². The van der Waals surface area contributed by atoms with Gasteiger partial charge in [-0.1, -0.05) is 78.9 Å². The first-order chi connectivity index (χ1) is 33.9. The normalized spacial score (nSPS) is 11.7. The Bertz CT molecular complexity index is 3690. The molecule has 0 amide bonds. The van der Waals surface area contributed by atoms with Crippen molar-refractivity contribution in [2.24, 2.45) is 5.73 Å². The molecule has 0 aliphatic rings. The summed E-state index contributed by atoms with van der Waals surface area (Å²) in [5, 5.41) is 24.6. The van der Waals surface area contributed by atoms with E-state index in [2.05, 4.69) is 20.2 Å². The third-order valence-electron chi connectivity index (χ3n) is 12.2. The minimum atomic E-state index is -4.60. The summed E-state index contributed by atoms with van der Waals surface area (Å²) in [6.45, 7) is 8.00. The van der Waals surface area contributed by atoms with E-state index >= 15 is 0 Å². The number of rotatable bonds is 9. The van der Waals surface area contributed by atoms with Gasteiger partial charge in [0.05, 0.1) is 69.6 Å². The molecule has 0 radical (unpaired) electrons. The number of alkyl halides is 6. The van der Waals surface area contributed by atoms with E-state index in [1.165, 1.54) is 15.4 Å². The first kappa shape index (κ1) is 47.3. The molecule has 10 rings (SSSR count). The minimum absolute atomic E-state index is 0.124. The molecule has 0 saturated heterocycles. The number of nitrogens with two attached hydrogens (primary N) is 1. The van der Waals surface area contributed by atoms with E-state index < -0.39 is 23.7 Å². The Morgan fingerprint density at radius 2 is 1.01 bits per heavy atom. The van der Waals surface area contributed by atoms with Crippen LogP contribution in [0, 0.1) is 44.4 Å². The molecule has 0 bridgehead atoms. The molecule has 0 atom stereocenters. The lowest BCUT2D eigenvalue weighted by molar-refractivity contribution is -0.142. The fourth-order valence-electron chi connectivity index (χ4n) is 8.65. The average Bonchev–Trinajstić information content (AvgIpc) is 4.13. The van der Waals surface area contributed by atoms with E-state index in [1.807, 2.05) is 128 Å². The Kier molecular flexibility index (Phi) is 12.4. The van der Waals surface area contributed by atoms with Crippen LogP contribution in [0.2, 0.25) is 0 Å². The highest BCUT2D eigenvalue weighted by molar-refractivity contribution is 5.95. The highest BCUT2D eigenvalue weighted by Gasteiger charge is 2.36. The maximum absolute atomic E-state index is 13.6. The molecule has 0 unspecified atom stereocenters. The number of benzene rings is 6. The summed E-state index contributed by atoms with van der Waals surface area (Å²) in [5.41, 5.74) is 15.5. The molecule has 0 aliphatic heterocycles. The molecule has 4 aromatic heterocycles. The Morgan fingerprint density at radius 3 is 1.45 bits per heavy atom. The zero-order chi connectivity index (χ0) is 50.4. The van der Waals surface area contributed by atoms with Crippen molar-refractivity contribution in [3.8, 4) is 39.7 Å². The summed E-state index contributed by atoms with van der Waals surface area (Å²) in [7, 11) is 0. The molecule has 0 spiro atoms. The van der Waals surface area contributed by atoms with Gasteiger partial charge >= 0.3 is 12.4 Å². The van der Waals surface area contributed by atoms with Crippen molar-refractivity contribution in [3.63, 3.8) is 0 Å². The maximum Gasteiger partial charge on any atom is 0.435 e. The van der Waals surface area contributed by atoms with Gasteiger partial charge < -0.3 is 14.9 Å². The number of aromatic nitrogens is 8. The lowest BCUT2D eigenvalue weighted by Gasteiger charge is -2.12. The number of nitrogens with zero attached hydrogens (tertiary/aromatic N) is 9. The third-order valence-corrected chi connectivity index (χ3v) is 12.2. The van der Waals surface area contributed by atoms with Gasteiger partial charge in [0.15, 0.2) is 11.4 Å². The predicted molar refractivity (Wildman–Crippen MR) is 260 cm³/mol. The molecule has 356 valence electrons.